The van der Waals surface area contributed by atoms with Gasteiger partial charge in [0, 0.05) is 15.0 Å². The maximum absolute atomic E-state index is 13.6. The minimum absolute atomic E-state index is 0.0792. The molecule has 0 saturated carbocycles. The molecule has 0 aliphatic carbocycles. The molecule has 0 aliphatic rings. The summed E-state index contributed by atoms with van der Waals surface area (Å²) in [4.78, 5) is 11.9. The van der Waals surface area contributed by atoms with Crippen molar-refractivity contribution < 1.29 is 18.0 Å². The van der Waals surface area contributed by atoms with E-state index in [1.165, 1.54) is 18.2 Å². The smallest absolute Gasteiger partial charge is 0.228 e. The summed E-state index contributed by atoms with van der Waals surface area (Å²) >= 11 is 6.13. The van der Waals surface area contributed by atoms with Crippen LogP contribution >= 0.6 is 31.9 Å². The molecule has 2 aromatic rings. The highest BCUT2D eigenvalue weighted by molar-refractivity contribution is 9.10. The Morgan fingerprint density at radius 1 is 1.00 bits per heavy atom. The van der Waals surface area contributed by atoms with Gasteiger partial charge in [0.2, 0.25) is 5.91 Å². The summed E-state index contributed by atoms with van der Waals surface area (Å²) in [5, 5.41) is 2.35. The van der Waals surface area contributed by atoms with E-state index < -0.39 is 23.4 Å². The number of hydrogen-bond acceptors (Lipinski definition) is 1. The molecule has 7 heteroatoms. The van der Waals surface area contributed by atoms with E-state index in [1.807, 2.05) is 0 Å². The predicted octanol–water partition coefficient (Wildman–Crippen LogP) is 4.81. The zero-order valence-electron chi connectivity index (χ0n) is 10.4. The molecule has 0 fully saturated rings. The molecule has 0 radical (unpaired) electrons. The van der Waals surface area contributed by atoms with Crippen LogP contribution < -0.4 is 5.32 Å². The quantitative estimate of drug-likeness (QED) is 0.755. The van der Waals surface area contributed by atoms with Crippen molar-refractivity contribution in [2.24, 2.45) is 0 Å². The lowest BCUT2D eigenvalue weighted by molar-refractivity contribution is -0.115. The van der Waals surface area contributed by atoms with E-state index in [4.69, 9.17) is 0 Å². The van der Waals surface area contributed by atoms with Gasteiger partial charge in [-0.25, -0.2) is 13.2 Å². The topological polar surface area (TPSA) is 29.1 Å². The number of halogens is 5. The Kier molecular flexibility index (Phi) is 5.05. The largest absolute Gasteiger partial charge is 0.322 e. The van der Waals surface area contributed by atoms with E-state index in [0.717, 1.165) is 6.07 Å². The van der Waals surface area contributed by atoms with Gasteiger partial charge in [0.1, 0.15) is 11.6 Å². The first kappa shape index (κ1) is 16.0. The first-order valence-electron chi connectivity index (χ1n) is 5.75. The average molecular weight is 423 g/mol. The summed E-state index contributed by atoms with van der Waals surface area (Å²) in [5.74, 6) is -2.57. The molecular weight excluding hydrogens is 415 g/mol. The fourth-order valence-electron chi connectivity index (χ4n) is 1.68. The number of carbonyl (C=O) groups is 1. The van der Waals surface area contributed by atoms with Gasteiger partial charge in [-0.1, -0.05) is 22.0 Å². The van der Waals surface area contributed by atoms with E-state index in [0.29, 0.717) is 16.1 Å². The lowest BCUT2D eigenvalue weighted by Crippen LogP contribution is -2.16. The molecular formula is C14H8Br2F3NO. The third-order valence-electron chi connectivity index (χ3n) is 2.64. The van der Waals surface area contributed by atoms with E-state index in [2.05, 4.69) is 37.2 Å². The van der Waals surface area contributed by atoms with Crippen molar-refractivity contribution in [3.8, 4) is 0 Å². The molecule has 21 heavy (non-hydrogen) atoms. The van der Waals surface area contributed by atoms with Crippen LogP contribution in [-0.2, 0) is 11.2 Å². The SMILES string of the molecule is O=C(Cc1ccc(F)cc1Br)Nc1c(F)cc(F)cc1Br. The normalized spacial score (nSPS) is 10.5. The van der Waals surface area contributed by atoms with Crippen LogP contribution in [0.3, 0.4) is 0 Å². The lowest BCUT2D eigenvalue weighted by atomic mass is 10.1. The Hall–Kier alpha value is -1.34. The molecule has 2 aromatic carbocycles. The van der Waals surface area contributed by atoms with Crippen LogP contribution in [0.1, 0.15) is 5.56 Å². The molecule has 0 atom stereocenters. The summed E-state index contributed by atoms with van der Waals surface area (Å²) in [5.41, 5.74) is 0.409. The van der Waals surface area contributed by atoms with E-state index >= 15 is 0 Å². The summed E-state index contributed by atoms with van der Waals surface area (Å²) in [6.45, 7) is 0. The zero-order chi connectivity index (χ0) is 15.6. The molecule has 1 N–H and O–H groups in total. The first-order valence-corrected chi connectivity index (χ1v) is 7.33. The van der Waals surface area contributed by atoms with Crippen LogP contribution in [0.5, 0.6) is 0 Å². The summed E-state index contributed by atoms with van der Waals surface area (Å²) < 4.78 is 40.1. The minimum atomic E-state index is -0.881. The van der Waals surface area contributed by atoms with Gasteiger partial charge in [-0.15, -0.1) is 0 Å². The van der Waals surface area contributed by atoms with Gasteiger partial charge in [0.15, 0.2) is 5.82 Å². The molecule has 2 rings (SSSR count). The zero-order valence-corrected chi connectivity index (χ0v) is 13.6. The van der Waals surface area contributed by atoms with Gasteiger partial charge in [-0.05, 0) is 39.7 Å². The van der Waals surface area contributed by atoms with E-state index in [1.54, 1.807) is 0 Å². The summed E-state index contributed by atoms with van der Waals surface area (Å²) in [6.07, 6.45) is -0.0792. The van der Waals surface area contributed by atoms with Crippen molar-refractivity contribution in [1.82, 2.24) is 0 Å². The van der Waals surface area contributed by atoms with Gasteiger partial charge >= 0.3 is 0 Å². The molecule has 2 nitrogen and oxygen atoms in total. The monoisotopic (exact) mass is 421 g/mol. The van der Waals surface area contributed by atoms with Crippen LogP contribution in [0.2, 0.25) is 0 Å². The van der Waals surface area contributed by atoms with Gasteiger partial charge < -0.3 is 5.32 Å². The number of carbonyl (C=O) groups excluding carboxylic acids is 1. The van der Waals surface area contributed by atoms with Crippen LogP contribution in [0.4, 0.5) is 18.9 Å². The molecule has 0 aliphatic heterocycles. The molecule has 0 heterocycles. The van der Waals surface area contributed by atoms with E-state index in [9.17, 15) is 18.0 Å². The van der Waals surface area contributed by atoms with Crippen molar-refractivity contribution in [1.29, 1.82) is 0 Å². The van der Waals surface area contributed by atoms with Crippen molar-refractivity contribution in [3.63, 3.8) is 0 Å². The highest BCUT2D eigenvalue weighted by Gasteiger charge is 2.14. The van der Waals surface area contributed by atoms with Crippen LogP contribution in [0, 0.1) is 17.5 Å². The number of benzene rings is 2. The fraction of sp³-hybridized carbons (Fsp3) is 0.0714. The highest BCUT2D eigenvalue weighted by atomic mass is 79.9. The van der Waals surface area contributed by atoms with Crippen molar-refractivity contribution in [2.45, 2.75) is 6.42 Å². The molecule has 1 amide bonds. The third-order valence-corrected chi connectivity index (χ3v) is 4.00. The molecule has 0 saturated heterocycles. The van der Waals surface area contributed by atoms with Crippen molar-refractivity contribution >= 4 is 43.5 Å². The predicted molar refractivity (Wildman–Crippen MR) is 80.5 cm³/mol. The molecule has 0 unspecified atom stereocenters. The molecule has 0 bridgehead atoms. The number of amides is 1. The Labute approximate surface area is 135 Å². The van der Waals surface area contributed by atoms with Gasteiger partial charge in [0.25, 0.3) is 0 Å². The summed E-state index contributed by atoms with van der Waals surface area (Å²) in [7, 11) is 0. The maximum atomic E-state index is 13.6. The van der Waals surface area contributed by atoms with Crippen LogP contribution in [0.15, 0.2) is 39.3 Å². The fourth-order valence-corrected chi connectivity index (χ4v) is 2.68. The second kappa shape index (κ2) is 6.62. The Balaban J connectivity index is 2.16. The summed E-state index contributed by atoms with van der Waals surface area (Å²) in [6, 6.07) is 5.63. The first-order chi connectivity index (χ1) is 9.86. The number of hydrogen-bond donors (Lipinski definition) is 1. The van der Waals surface area contributed by atoms with Crippen molar-refractivity contribution in [2.75, 3.05) is 5.32 Å². The Bertz CT molecular complexity index is 684. The van der Waals surface area contributed by atoms with Gasteiger partial charge in [0.05, 0.1) is 12.1 Å². The minimum Gasteiger partial charge on any atom is -0.322 e. The van der Waals surface area contributed by atoms with Crippen LogP contribution in [-0.4, -0.2) is 5.91 Å². The lowest BCUT2D eigenvalue weighted by Gasteiger charge is -2.10. The average Bonchev–Trinajstić information content (AvgIpc) is 2.37. The number of nitrogens with one attached hydrogen (secondary N) is 1. The second-order valence-electron chi connectivity index (χ2n) is 4.21. The Morgan fingerprint density at radius 3 is 2.29 bits per heavy atom. The van der Waals surface area contributed by atoms with Crippen LogP contribution in [0.25, 0.3) is 0 Å². The number of rotatable bonds is 3. The Morgan fingerprint density at radius 2 is 1.67 bits per heavy atom. The maximum Gasteiger partial charge on any atom is 0.228 e. The molecule has 0 spiro atoms. The standard InChI is InChI=1S/C14H8Br2F3NO/c15-10-4-8(17)2-1-7(10)3-13(21)20-14-11(16)5-9(18)6-12(14)19/h1-2,4-6H,3H2,(H,20,21). The number of anilines is 1. The van der Waals surface area contributed by atoms with Gasteiger partial charge in [-0.2, -0.15) is 0 Å². The second-order valence-corrected chi connectivity index (χ2v) is 5.91. The van der Waals surface area contributed by atoms with Gasteiger partial charge in [-0.3, -0.25) is 4.79 Å². The highest BCUT2D eigenvalue weighted by Crippen LogP contribution is 2.27. The van der Waals surface area contributed by atoms with E-state index in [-0.39, 0.29) is 16.6 Å². The van der Waals surface area contributed by atoms with Crippen molar-refractivity contribution in [3.05, 3.63) is 62.3 Å². The molecule has 0 aromatic heterocycles. The third kappa shape index (κ3) is 4.07. The molecule has 110 valence electrons.